The maximum Gasteiger partial charge on any atom is 0.307 e. The van der Waals surface area contributed by atoms with Crippen molar-refractivity contribution in [2.75, 3.05) is 27.2 Å². The minimum atomic E-state index is -3.42. The number of sulfonamides is 1. The molecular formula is C14H22N2O4S. The summed E-state index contributed by atoms with van der Waals surface area (Å²) >= 11 is 0. The Balaban J connectivity index is 2.56. The molecule has 6 nitrogen and oxygen atoms in total. The van der Waals surface area contributed by atoms with Crippen LogP contribution in [-0.2, 0) is 26.1 Å². The number of hydrogen-bond donors (Lipinski definition) is 1. The second-order valence-corrected chi connectivity index (χ2v) is 6.82. The maximum absolute atomic E-state index is 12.0. The van der Waals surface area contributed by atoms with Crippen molar-refractivity contribution in [1.82, 2.24) is 9.62 Å². The number of benzene rings is 1. The van der Waals surface area contributed by atoms with Gasteiger partial charge in [-0.3, -0.25) is 4.79 Å². The first-order valence-corrected chi connectivity index (χ1v) is 8.19. The van der Waals surface area contributed by atoms with Gasteiger partial charge in [-0.2, -0.15) is 0 Å². The quantitative estimate of drug-likeness (QED) is 0.572. The number of ether oxygens (including phenoxy) is 1. The summed E-state index contributed by atoms with van der Waals surface area (Å²) in [5.41, 5.74) is 0.849. The van der Waals surface area contributed by atoms with Gasteiger partial charge in [0.15, 0.2) is 0 Å². The molecule has 0 aliphatic rings. The van der Waals surface area contributed by atoms with E-state index < -0.39 is 10.0 Å². The fourth-order valence-electron chi connectivity index (χ4n) is 1.68. The van der Waals surface area contributed by atoms with E-state index in [0.29, 0.717) is 26.1 Å². The fourth-order valence-corrected chi connectivity index (χ4v) is 2.66. The summed E-state index contributed by atoms with van der Waals surface area (Å²) in [5, 5.41) is 3.09. The van der Waals surface area contributed by atoms with Crippen LogP contribution in [0.2, 0.25) is 0 Å². The molecule has 1 rings (SSSR count). The Bertz CT molecular complexity index is 570. The smallest absolute Gasteiger partial charge is 0.307 e. The Kier molecular flexibility index (Phi) is 6.80. The summed E-state index contributed by atoms with van der Waals surface area (Å²) in [6.07, 6.45) is 0.295. The highest BCUT2D eigenvalue weighted by Gasteiger charge is 2.16. The third-order valence-corrected chi connectivity index (χ3v) is 4.63. The summed E-state index contributed by atoms with van der Waals surface area (Å²) in [6, 6.07) is 6.74. The van der Waals surface area contributed by atoms with Crippen LogP contribution in [0.3, 0.4) is 0 Å². The van der Waals surface area contributed by atoms with Gasteiger partial charge in [-0.15, -0.1) is 0 Å². The summed E-state index contributed by atoms with van der Waals surface area (Å²) in [4.78, 5) is 11.4. The van der Waals surface area contributed by atoms with Crippen molar-refractivity contribution in [3.05, 3.63) is 29.8 Å². The molecule has 0 aromatic heterocycles. The van der Waals surface area contributed by atoms with E-state index in [1.165, 1.54) is 18.4 Å². The number of carbonyl (C=O) groups excluding carboxylic acids is 1. The Labute approximate surface area is 126 Å². The molecule has 0 amide bonds. The summed E-state index contributed by atoms with van der Waals surface area (Å²) in [5.74, 6) is -0.242. The normalized spacial score (nSPS) is 11.6. The Morgan fingerprint density at radius 1 is 1.33 bits per heavy atom. The Hall–Kier alpha value is -1.44. The lowest BCUT2D eigenvalue weighted by atomic mass is 10.2. The van der Waals surface area contributed by atoms with Crippen molar-refractivity contribution in [3.8, 4) is 0 Å². The van der Waals surface area contributed by atoms with Gasteiger partial charge in [-0.05, 0) is 24.6 Å². The second kappa shape index (κ2) is 8.11. The molecule has 0 heterocycles. The predicted octanol–water partition coefficient (Wildman–Crippen LogP) is 0.980. The van der Waals surface area contributed by atoms with E-state index in [0.717, 1.165) is 5.56 Å². The Morgan fingerprint density at radius 2 is 2.05 bits per heavy atom. The van der Waals surface area contributed by atoms with Crippen LogP contribution in [0.1, 0.15) is 18.9 Å². The second-order valence-electron chi connectivity index (χ2n) is 4.67. The molecule has 21 heavy (non-hydrogen) atoms. The highest BCUT2D eigenvalue weighted by molar-refractivity contribution is 7.89. The van der Waals surface area contributed by atoms with Crippen molar-refractivity contribution in [3.63, 3.8) is 0 Å². The van der Waals surface area contributed by atoms with Gasteiger partial charge in [0.1, 0.15) is 0 Å². The van der Waals surface area contributed by atoms with Crippen molar-refractivity contribution in [2.24, 2.45) is 0 Å². The van der Waals surface area contributed by atoms with E-state index in [-0.39, 0.29) is 10.9 Å². The highest BCUT2D eigenvalue weighted by atomic mass is 32.2. The summed E-state index contributed by atoms with van der Waals surface area (Å²) in [6.45, 7) is 3.13. The number of nitrogens with zero attached hydrogens (tertiary/aromatic N) is 1. The van der Waals surface area contributed by atoms with Crippen LogP contribution in [0, 0.1) is 0 Å². The number of hydrogen-bond acceptors (Lipinski definition) is 5. The molecule has 0 spiro atoms. The Morgan fingerprint density at radius 3 is 2.67 bits per heavy atom. The topological polar surface area (TPSA) is 75.7 Å². The minimum Gasteiger partial charge on any atom is -0.466 e. The fraction of sp³-hybridized carbons (Fsp3) is 0.500. The van der Waals surface area contributed by atoms with E-state index >= 15 is 0 Å². The van der Waals surface area contributed by atoms with Gasteiger partial charge in [-0.1, -0.05) is 12.1 Å². The molecule has 118 valence electrons. The molecule has 0 saturated carbocycles. The lowest BCUT2D eigenvalue weighted by Crippen LogP contribution is -2.23. The van der Waals surface area contributed by atoms with Crippen LogP contribution in [0.5, 0.6) is 0 Å². The van der Waals surface area contributed by atoms with E-state index in [1.54, 1.807) is 25.1 Å². The van der Waals surface area contributed by atoms with Crippen molar-refractivity contribution >= 4 is 16.0 Å². The lowest BCUT2D eigenvalue weighted by molar-refractivity contribution is -0.142. The molecular weight excluding hydrogens is 292 g/mol. The van der Waals surface area contributed by atoms with Gasteiger partial charge >= 0.3 is 5.97 Å². The standard InChI is InChI=1S/C14H22N2O4S/c1-4-20-14(17)8-9-15-11-12-6-5-7-13(10-12)21(18,19)16(2)3/h5-7,10,15H,4,8-9,11H2,1-3H3. The summed E-state index contributed by atoms with van der Waals surface area (Å²) in [7, 11) is -0.420. The zero-order valence-electron chi connectivity index (χ0n) is 12.6. The third-order valence-electron chi connectivity index (χ3n) is 2.82. The number of carbonyl (C=O) groups is 1. The first-order valence-electron chi connectivity index (χ1n) is 6.75. The molecule has 0 unspecified atom stereocenters. The van der Waals surface area contributed by atoms with Gasteiger partial charge < -0.3 is 10.1 Å². The molecule has 0 bridgehead atoms. The summed E-state index contributed by atoms with van der Waals surface area (Å²) < 4.78 is 30.0. The van der Waals surface area contributed by atoms with Crippen molar-refractivity contribution < 1.29 is 17.9 Å². The average molecular weight is 314 g/mol. The minimum absolute atomic E-state index is 0.242. The third kappa shape index (κ3) is 5.45. The molecule has 0 aliphatic carbocycles. The highest BCUT2D eigenvalue weighted by Crippen LogP contribution is 2.14. The van der Waals surface area contributed by atoms with Gasteiger partial charge in [0.05, 0.1) is 17.9 Å². The van der Waals surface area contributed by atoms with E-state index in [1.807, 2.05) is 6.07 Å². The molecule has 0 aliphatic heterocycles. The van der Waals surface area contributed by atoms with Crippen LogP contribution in [0.25, 0.3) is 0 Å². The van der Waals surface area contributed by atoms with Crippen LogP contribution in [-0.4, -0.2) is 45.9 Å². The van der Waals surface area contributed by atoms with Crippen LogP contribution in [0.15, 0.2) is 29.2 Å². The zero-order valence-corrected chi connectivity index (χ0v) is 13.4. The SMILES string of the molecule is CCOC(=O)CCNCc1cccc(S(=O)(=O)N(C)C)c1. The monoisotopic (exact) mass is 314 g/mol. The van der Waals surface area contributed by atoms with Crippen LogP contribution in [0.4, 0.5) is 0 Å². The molecule has 1 aromatic rings. The van der Waals surface area contributed by atoms with Crippen molar-refractivity contribution in [1.29, 1.82) is 0 Å². The maximum atomic E-state index is 12.0. The van der Waals surface area contributed by atoms with Gasteiger partial charge in [-0.25, -0.2) is 12.7 Å². The molecule has 0 atom stereocenters. The predicted molar refractivity (Wildman–Crippen MR) is 80.3 cm³/mol. The average Bonchev–Trinajstić information content (AvgIpc) is 2.44. The number of esters is 1. The number of rotatable bonds is 8. The van der Waals surface area contributed by atoms with E-state index in [4.69, 9.17) is 4.74 Å². The molecule has 0 fully saturated rings. The first-order chi connectivity index (χ1) is 9.87. The van der Waals surface area contributed by atoms with Crippen LogP contribution < -0.4 is 5.32 Å². The van der Waals surface area contributed by atoms with Gasteiger partial charge in [0.2, 0.25) is 10.0 Å². The molecule has 0 saturated heterocycles. The van der Waals surface area contributed by atoms with E-state index in [9.17, 15) is 13.2 Å². The zero-order chi connectivity index (χ0) is 15.9. The molecule has 7 heteroatoms. The molecule has 1 N–H and O–H groups in total. The van der Waals surface area contributed by atoms with Gasteiger partial charge in [0, 0.05) is 27.2 Å². The van der Waals surface area contributed by atoms with Crippen LogP contribution >= 0.6 is 0 Å². The first kappa shape index (κ1) is 17.6. The molecule has 1 aromatic carbocycles. The van der Waals surface area contributed by atoms with Crippen molar-refractivity contribution in [2.45, 2.75) is 24.8 Å². The lowest BCUT2D eigenvalue weighted by Gasteiger charge is -2.12. The molecule has 0 radical (unpaired) electrons. The van der Waals surface area contributed by atoms with E-state index in [2.05, 4.69) is 5.32 Å². The largest absolute Gasteiger partial charge is 0.466 e. The number of nitrogens with one attached hydrogen (secondary N) is 1. The van der Waals surface area contributed by atoms with Gasteiger partial charge in [0.25, 0.3) is 0 Å².